The Bertz CT molecular complexity index is 772. The van der Waals surface area contributed by atoms with Crippen molar-refractivity contribution in [3.63, 3.8) is 0 Å². The summed E-state index contributed by atoms with van der Waals surface area (Å²) in [7, 11) is 0. The number of thioether (sulfide) groups is 1. The maximum Gasteiger partial charge on any atom is 0.277 e. The number of rotatable bonds is 5. The van der Waals surface area contributed by atoms with Gasteiger partial charge in [0.2, 0.25) is 16.9 Å². The molecule has 0 aliphatic rings. The van der Waals surface area contributed by atoms with Crippen LogP contribution in [0.5, 0.6) is 0 Å². The van der Waals surface area contributed by atoms with E-state index in [9.17, 15) is 4.79 Å². The molecule has 1 aromatic carbocycles. The number of benzene rings is 1. The topological polar surface area (TPSA) is 93.8 Å². The fourth-order valence-corrected chi connectivity index (χ4v) is 2.77. The maximum atomic E-state index is 11.8. The molecule has 0 bridgehead atoms. The fourth-order valence-electron chi connectivity index (χ4n) is 1.60. The quantitative estimate of drug-likeness (QED) is 0.717. The molecule has 0 aliphatic carbocycles. The largest absolute Gasteiger partial charge is 0.411 e. The number of anilines is 1. The summed E-state index contributed by atoms with van der Waals surface area (Å²) in [6, 6.07) is 9.46. The SMILES string of the molecule is Cc1nnc(NC(=O)CSc2nnc(-c3ccccc3)o2)s1. The van der Waals surface area contributed by atoms with Crippen molar-refractivity contribution in [2.75, 3.05) is 11.1 Å². The minimum absolute atomic E-state index is 0.162. The zero-order chi connectivity index (χ0) is 15.4. The van der Waals surface area contributed by atoms with E-state index in [1.807, 2.05) is 37.3 Å². The summed E-state index contributed by atoms with van der Waals surface area (Å²) in [4.78, 5) is 11.8. The van der Waals surface area contributed by atoms with E-state index in [2.05, 4.69) is 25.7 Å². The average Bonchev–Trinajstić information content (AvgIpc) is 3.15. The number of nitrogens with one attached hydrogen (secondary N) is 1. The van der Waals surface area contributed by atoms with E-state index < -0.39 is 0 Å². The molecule has 2 heterocycles. The molecular weight excluding hydrogens is 322 g/mol. The molecule has 0 fully saturated rings. The van der Waals surface area contributed by atoms with Crippen molar-refractivity contribution < 1.29 is 9.21 Å². The predicted octanol–water partition coefficient (Wildman–Crippen LogP) is 2.63. The van der Waals surface area contributed by atoms with Crippen molar-refractivity contribution in [2.24, 2.45) is 0 Å². The Balaban J connectivity index is 1.56. The van der Waals surface area contributed by atoms with Gasteiger partial charge in [0.15, 0.2) is 0 Å². The molecule has 0 saturated heterocycles. The molecule has 22 heavy (non-hydrogen) atoms. The highest BCUT2D eigenvalue weighted by Crippen LogP contribution is 2.23. The van der Waals surface area contributed by atoms with Crippen LogP contribution in [0.4, 0.5) is 5.13 Å². The minimum Gasteiger partial charge on any atom is -0.411 e. The molecule has 7 nitrogen and oxygen atoms in total. The lowest BCUT2D eigenvalue weighted by Crippen LogP contribution is -2.13. The second-order valence-corrected chi connectivity index (χ2v) is 6.31. The predicted molar refractivity (Wildman–Crippen MR) is 83.7 cm³/mol. The summed E-state index contributed by atoms with van der Waals surface area (Å²) >= 11 is 2.50. The molecule has 0 saturated carbocycles. The molecule has 1 amide bonds. The van der Waals surface area contributed by atoms with Crippen LogP contribution in [-0.4, -0.2) is 32.1 Å². The van der Waals surface area contributed by atoms with Crippen molar-refractivity contribution in [1.29, 1.82) is 0 Å². The van der Waals surface area contributed by atoms with Gasteiger partial charge in [0.25, 0.3) is 5.22 Å². The van der Waals surface area contributed by atoms with Gasteiger partial charge in [-0.05, 0) is 19.1 Å². The van der Waals surface area contributed by atoms with Crippen LogP contribution >= 0.6 is 23.1 Å². The number of carbonyl (C=O) groups is 1. The number of aryl methyl sites for hydroxylation is 1. The van der Waals surface area contributed by atoms with Crippen LogP contribution < -0.4 is 5.32 Å². The number of aromatic nitrogens is 4. The monoisotopic (exact) mass is 333 g/mol. The molecule has 0 radical (unpaired) electrons. The van der Waals surface area contributed by atoms with E-state index >= 15 is 0 Å². The first-order chi connectivity index (χ1) is 10.7. The Labute approximate surface area is 134 Å². The van der Waals surface area contributed by atoms with Crippen LogP contribution in [0.15, 0.2) is 40.0 Å². The number of amides is 1. The van der Waals surface area contributed by atoms with Gasteiger partial charge >= 0.3 is 0 Å². The molecule has 9 heteroatoms. The summed E-state index contributed by atoms with van der Waals surface area (Å²) in [5.74, 6) is 0.401. The van der Waals surface area contributed by atoms with Gasteiger partial charge < -0.3 is 4.42 Å². The van der Waals surface area contributed by atoms with Gasteiger partial charge in [-0.1, -0.05) is 41.3 Å². The van der Waals surface area contributed by atoms with Crippen molar-refractivity contribution in [2.45, 2.75) is 12.1 Å². The molecule has 0 spiro atoms. The number of carbonyl (C=O) groups excluding carboxylic acids is 1. The average molecular weight is 333 g/mol. The van der Waals surface area contributed by atoms with Crippen LogP contribution in [0.1, 0.15) is 5.01 Å². The van der Waals surface area contributed by atoms with Crippen molar-refractivity contribution >= 4 is 34.1 Å². The van der Waals surface area contributed by atoms with Gasteiger partial charge in [0.05, 0.1) is 5.75 Å². The normalized spacial score (nSPS) is 10.6. The van der Waals surface area contributed by atoms with Gasteiger partial charge in [-0.25, -0.2) is 0 Å². The van der Waals surface area contributed by atoms with Crippen LogP contribution in [-0.2, 0) is 4.79 Å². The van der Waals surface area contributed by atoms with Crippen LogP contribution in [0.25, 0.3) is 11.5 Å². The number of hydrogen-bond donors (Lipinski definition) is 1. The van der Waals surface area contributed by atoms with Crippen molar-refractivity contribution in [1.82, 2.24) is 20.4 Å². The van der Waals surface area contributed by atoms with Crippen LogP contribution in [0, 0.1) is 6.92 Å². The fraction of sp³-hybridized carbons (Fsp3) is 0.154. The smallest absolute Gasteiger partial charge is 0.277 e. The first kappa shape index (κ1) is 14.7. The Morgan fingerprint density at radius 1 is 1.23 bits per heavy atom. The lowest BCUT2D eigenvalue weighted by Gasteiger charge is -1.98. The zero-order valence-corrected chi connectivity index (χ0v) is 13.1. The number of nitrogens with zero attached hydrogens (tertiary/aromatic N) is 4. The third-order valence-corrected chi connectivity index (χ3v) is 4.10. The Morgan fingerprint density at radius 2 is 2.05 bits per heavy atom. The molecule has 2 aromatic heterocycles. The van der Waals surface area contributed by atoms with E-state index in [0.717, 1.165) is 10.6 Å². The van der Waals surface area contributed by atoms with Gasteiger partial charge in [0.1, 0.15) is 5.01 Å². The second-order valence-electron chi connectivity index (χ2n) is 4.20. The van der Waals surface area contributed by atoms with Gasteiger partial charge in [-0.15, -0.1) is 20.4 Å². The molecule has 112 valence electrons. The Hall–Kier alpha value is -2.26. The molecule has 0 unspecified atom stereocenters. The zero-order valence-electron chi connectivity index (χ0n) is 11.5. The summed E-state index contributed by atoms with van der Waals surface area (Å²) in [5, 5.41) is 19.8. The van der Waals surface area contributed by atoms with Gasteiger partial charge in [-0.3, -0.25) is 10.1 Å². The van der Waals surface area contributed by atoms with E-state index in [0.29, 0.717) is 16.2 Å². The van der Waals surface area contributed by atoms with Crippen LogP contribution in [0.3, 0.4) is 0 Å². The third-order valence-electron chi connectivity index (χ3n) is 2.53. The van der Waals surface area contributed by atoms with Crippen LogP contribution in [0.2, 0.25) is 0 Å². The highest BCUT2D eigenvalue weighted by molar-refractivity contribution is 7.99. The molecule has 0 atom stereocenters. The van der Waals surface area contributed by atoms with Crippen molar-refractivity contribution in [3.8, 4) is 11.5 Å². The summed E-state index contributed by atoms with van der Waals surface area (Å²) < 4.78 is 5.51. The lowest BCUT2D eigenvalue weighted by molar-refractivity contribution is -0.113. The Morgan fingerprint density at radius 3 is 2.77 bits per heavy atom. The Kier molecular flexibility index (Phi) is 4.45. The molecule has 3 aromatic rings. The van der Waals surface area contributed by atoms with E-state index in [-0.39, 0.29) is 11.7 Å². The van der Waals surface area contributed by atoms with E-state index in [4.69, 9.17) is 4.42 Å². The standard InChI is InChI=1S/C13H11N5O2S2/c1-8-15-17-12(22-8)14-10(19)7-21-13-18-16-11(20-13)9-5-3-2-4-6-9/h2-6H,7H2,1H3,(H,14,17,19). The summed E-state index contributed by atoms with van der Waals surface area (Å²) in [6.45, 7) is 1.83. The van der Waals surface area contributed by atoms with E-state index in [1.54, 1.807) is 0 Å². The molecule has 1 N–H and O–H groups in total. The summed E-state index contributed by atoms with van der Waals surface area (Å²) in [6.07, 6.45) is 0. The van der Waals surface area contributed by atoms with Gasteiger partial charge in [-0.2, -0.15) is 0 Å². The molecular formula is C13H11N5O2S2. The highest BCUT2D eigenvalue weighted by atomic mass is 32.2. The maximum absolute atomic E-state index is 11.8. The molecule has 0 aliphatic heterocycles. The summed E-state index contributed by atoms with van der Waals surface area (Å²) in [5.41, 5.74) is 0.843. The first-order valence-corrected chi connectivity index (χ1v) is 8.12. The van der Waals surface area contributed by atoms with Crippen molar-refractivity contribution in [3.05, 3.63) is 35.3 Å². The van der Waals surface area contributed by atoms with E-state index in [1.165, 1.54) is 23.1 Å². The third kappa shape index (κ3) is 3.68. The first-order valence-electron chi connectivity index (χ1n) is 6.32. The minimum atomic E-state index is -0.194. The molecule has 3 rings (SSSR count). The second kappa shape index (κ2) is 6.67. The lowest BCUT2D eigenvalue weighted by atomic mass is 10.2. The number of hydrogen-bond acceptors (Lipinski definition) is 8. The van der Waals surface area contributed by atoms with Gasteiger partial charge in [0, 0.05) is 5.56 Å². The highest BCUT2D eigenvalue weighted by Gasteiger charge is 2.12.